The van der Waals surface area contributed by atoms with Crippen LogP contribution >= 0.6 is 23.2 Å². The summed E-state index contributed by atoms with van der Waals surface area (Å²) in [5.74, 6) is -0.0472. The molecule has 102 valence electrons. The van der Waals surface area contributed by atoms with E-state index in [-0.39, 0.29) is 11.7 Å². The molecular formula is C17H14Cl2O. The SMILES string of the molecule is C=CC(CC(=O)c1ccccc1)c1ccc(Cl)cc1Cl. The molecule has 0 aromatic heterocycles. The fraction of sp³-hybridized carbons (Fsp3) is 0.118. The summed E-state index contributed by atoms with van der Waals surface area (Å²) in [6.45, 7) is 3.80. The van der Waals surface area contributed by atoms with E-state index < -0.39 is 0 Å². The number of benzene rings is 2. The highest BCUT2D eigenvalue weighted by Gasteiger charge is 2.16. The average molecular weight is 305 g/mol. The summed E-state index contributed by atoms with van der Waals surface area (Å²) in [6, 6.07) is 14.5. The number of Topliss-reactive ketones (excluding diaryl/α,β-unsaturated/α-hetero) is 1. The van der Waals surface area contributed by atoms with Gasteiger partial charge in [0.2, 0.25) is 0 Å². The Balaban J connectivity index is 2.21. The molecule has 3 heteroatoms. The van der Waals surface area contributed by atoms with Crippen molar-refractivity contribution in [3.63, 3.8) is 0 Å². The van der Waals surface area contributed by atoms with Gasteiger partial charge >= 0.3 is 0 Å². The third-order valence-electron chi connectivity index (χ3n) is 3.15. The molecule has 0 radical (unpaired) electrons. The third kappa shape index (κ3) is 3.50. The molecule has 2 aromatic rings. The van der Waals surface area contributed by atoms with Crippen molar-refractivity contribution in [1.29, 1.82) is 0 Å². The summed E-state index contributed by atoms with van der Waals surface area (Å²) in [7, 11) is 0. The van der Waals surface area contributed by atoms with Gasteiger partial charge in [-0.2, -0.15) is 0 Å². The Labute approximate surface area is 128 Å². The Hall–Kier alpha value is -1.57. The van der Waals surface area contributed by atoms with E-state index in [0.29, 0.717) is 22.0 Å². The van der Waals surface area contributed by atoms with Crippen LogP contribution in [-0.4, -0.2) is 5.78 Å². The van der Waals surface area contributed by atoms with Gasteiger partial charge in [0.25, 0.3) is 0 Å². The highest BCUT2D eigenvalue weighted by atomic mass is 35.5. The van der Waals surface area contributed by atoms with Crippen LogP contribution in [0.5, 0.6) is 0 Å². The van der Waals surface area contributed by atoms with Gasteiger partial charge in [-0.25, -0.2) is 0 Å². The lowest BCUT2D eigenvalue weighted by Crippen LogP contribution is -2.06. The number of carbonyl (C=O) groups excluding carboxylic acids is 1. The highest BCUT2D eigenvalue weighted by Crippen LogP contribution is 2.31. The van der Waals surface area contributed by atoms with Crippen LogP contribution in [0.1, 0.15) is 28.3 Å². The Kier molecular flexibility index (Phi) is 4.99. The lowest BCUT2D eigenvalue weighted by atomic mass is 9.91. The van der Waals surface area contributed by atoms with Gasteiger partial charge in [0.1, 0.15) is 0 Å². The van der Waals surface area contributed by atoms with E-state index in [1.54, 1.807) is 18.2 Å². The quantitative estimate of drug-likeness (QED) is 0.524. The van der Waals surface area contributed by atoms with Crippen molar-refractivity contribution in [1.82, 2.24) is 0 Å². The van der Waals surface area contributed by atoms with E-state index in [0.717, 1.165) is 5.56 Å². The van der Waals surface area contributed by atoms with E-state index in [2.05, 4.69) is 6.58 Å². The molecular weight excluding hydrogens is 291 g/mol. The summed E-state index contributed by atoms with van der Waals surface area (Å²) in [5, 5.41) is 1.14. The molecule has 2 rings (SSSR count). The maximum Gasteiger partial charge on any atom is 0.163 e. The fourth-order valence-corrected chi connectivity index (χ4v) is 2.61. The second-order valence-electron chi connectivity index (χ2n) is 4.50. The lowest BCUT2D eigenvalue weighted by molar-refractivity contribution is 0.0978. The molecule has 0 saturated heterocycles. The van der Waals surface area contributed by atoms with Crippen LogP contribution in [0.4, 0.5) is 0 Å². The smallest absolute Gasteiger partial charge is 0.163 e. The van der Waals surface area contributed by atoms with Gasteiger partial charge in [0.05, 0.1) is 0 Å². The average Bonchev–Trinajstić information content (AvgIpc) is 2.46. The second-order valence-corrected chi connectivity index (χ2v) is 5.34. The molecule has 0 amide bonds. The minimum Gasteiger partial charge on any atom is -0.294 e. The molecule has 0 fully saturated rings. The minimum atomic E-state index is -0.118. The van der Waals surface area contributed by atoms with Crippen molar-refractivity contribution in [2.24, 2.45) is 0 Å². The van der Waals surface area contributed by atoms with Crippen molar-refractivity contribution in [3.05, 3.63) is 82.4 Å². The normalized spacial score (nSPS) is 11.9. The van der Waals surface area contributed by atoms with Crippen LogP contribution in [-0.2, 0) is 0 Å². The predicted octanol–water partition coefficient (Wildman–Crippen LogP) is 5.54. The van der Waals surface area contributed by atoms with Crippen LogP contribution in [0.25, 0.3) is 0 Å². The van der Waals surface area contributed by atoms with Crippen LogP contribution in [0.2, 0.25) is 10.0 Å². The number of allylic oxidation sites excluding steroid dienone is 1. The minimum absolute atomic E-state index is 0.0708. The maximum absolute atomic E-state index is 12.2. The van der Waals surface area contributed by atoms with Gasteiger partial charge in [-0.3, -0.25) is 4.79 Å². The fourth-order valence-electron chi connectivity index (χ4n) is 2.06. The summed E-state index contributed by atoms with van der Waals surface area (Å²) >= 11 is 12.1. The summed E-state index contributed by atoms with van der Waals surface area (Å²) in [4.78, 5) is 12.2. The molecule has 20 heavy (non-hydrogen) atoms. The van der Waals surface area contributed by atoms with Gasteiger partial charge in [0, 0.05) is 27.9 Å². The van der Waals surface area contributed by atoms with E-state index in [9.17, 15) is 4.79 Å². The predicted molar refractivity (Wildman–Crippen MR) is 84.8 cm³/mol. The molecule has 0 N–H and O–H groups in total. The van der Waals surface area contributed by atoms with Gasteiger partial charge in [0.15, 0.2) is 5.78 Å². The largest absolute Gasteiger partial charge is 0.294 e. The first-order valence-corrected chi connectivity index (χ1v) is 7.03. The van der Waals surface area contributed by atoms with E-state index in [1.165, 1.54) is 0 Å². The molecule has 0 aliphatic rings. The Morgan fingerprint density at radius 1 is 1.15 bits per heavy atom. The van der Waals surface area contributed by atoms with Gasteiger partial charge < -0.3 is 0 Å². The summed E-state index contributed by atoms with van der Waals surface area (Å²) in [5.41, 5.74) is 1.57. The lowest BCUT2D eigenvalue weighted by Gasteiger charge is -2.14. The van der Waals surface area contributed by atoms with Crippen molar-refractivity contribution in [2.75, 3.05) is 0 Å². The Morgan fingerprint density at radius 2 is 1.85 bits per heavy atom. The molecule has 0 aliphatic carbocycles. The first-order chi connectivity index (χ1) is 9.61. The van der Waals surface area contributed by atoms with Crippen molar-refractivity contribution >= 4 is 29.0 Å². The van der Waals surface area contributed by atoms with Crippen molar-refractivity contribution < 1.29 is 4.79 Å². The monoisotopic (exact) mass is 304 g/mol. The molecule has 0 bridgehead atoms. The highest BCUT2D eigenvalue weighted by molar-refractivity contribution is 6.35. The summed E-state index contributed by atoms with van der Waals surface area (Å²) in [6.07, 6.45) is 2.09. The topological polar surface area (TPSA) is 17.1 Å². The Bertz CT molecular complexity index is 620. The molecule has 1 nitrogen and oxygen atoms in total. The van der Waals surface area contributed by atoms with Gasteiger partial charge in [-0.1, -0.05) is 65.7 Å². The number of halogens is 2. The Morgan fingerprint density at radius 3 is 2.45 bits per heavy atom. The first-order valence-electron chi connectivity index (χ1n) is 6.27. The van der Waals surface area contributed by atoms with Gasteiger partial charge in [-0.05, 0) is 17.7 Å². The van der Waals surface area contributed by atoms with Crippen molar-refractivity contribution in [2.45, 2.75) is 12.3 Å². The van der Waals surface area contributed by atoms with E-state index in [4.69, 9.17) is 23.2 Å². The number of hydrogen-bond acceptors (Lipinski definition) is 1. The second kappa shape index (κ2) is 6.74. The third-order valence-corrected chi connectivity index (χ3v) is 3.71. The molecule has 1 unspecified atom stereocenters. The molecule has 0 spiro atoms. The van der Waals surface area contributed by atoms with Crippen LogP contribution < -0.4 is 0 Å². The standard InChI is InChI=1S/C17H14Cl2O/c1-2-12(15-9-8-14(18)11-16(15)19)10-17(20)13-6-4-3-5-7-13/h2-9,11-12H,1,10H2. The van der Waals surface area contributed by atoms with E-state index in [1.807, 2.05) is 36.4 Å². The van der Waals surface area contributed by atoms with Crippen LogP contribution in [0, 0.1) is 0 Å². The molecule has 0 aliphatic heterocycles. The van der Waals surface area contributed by atoms with Crippen LogP contribution in [0.3, 0.4) is 0 Å². The zero-order chi connectivity index (χ0) is 14.5. The zero-order valence-corrected chi connectivity index (χ0v) is 12.4. The van der Waals surface area contributed by atoms with E-state index >= 15 is 0 Å². The molecule has 0 saturated carbocycles. The zero-order valence-electron chi connectivity index (χ0n) is 10.9. The van der Waals surface area contributed by atoms with Crippen molar-refractivity contribution in [3.8, 4) is 0 Å². The number of carbonyl (C=O) groups is 1. The summed E-state index contributed by atoms with van der Waals surface area (Å²) < 4.78 is 0. The van der Waals surface area contributed by atoms with Crippen LogP contribution in [0.15, 0.2) is 61.2 Å². The first kappa shape index (κ1) is 14.8. The molecule has 2 aromatic carbocycles. The van der Waals surface area contributed by atoms with Gasteiger partial charge in [-0.15, -0.1) is 6.58 Å². The maximum atomic E-state index is 12.2. The number of hydrogen-bond donors (Lipinski definition) is 0. The number of ketones is 1. The number of rotatable bonds is 5. The molecule has 0 heterocycles. The molecule has 1 atom stereocenters.